The fourth-order valence-electron chi connectivity index (χ4n) is 2.94. The van der Waals surface area contributed by atoms with Crippen LogP contribution in [0.3, 0.4) is 0 Å². The van der Waals surface area contributed by atoms with E-state index in [0.29, 0.717) is 33.7 Å². The number of rotatable bonds is 5. The Labute approximate surface area is 161 Å². The molecule has 0 spiro atoms. The van der Waals surface area contributed by atoms with Crippen molar-refractivity contribution in [2.75, 3.05) is 5.32 Å². The molecule has 2 N–H and O–H groups in total. The van der Waals surface area contributed by atoms with Gasteiger partial charge in [-0.3, -0.25) is 10.1 Å². The number of anilines is 2. The van der Waals surface area contributed by atoms with Gasteiger partial charge in [0.05, 0.1) is 17.3 Å². The van der Waals surface area contributed by atoms with E-state index in [1.54, 1.807) is 12.4 Å². The Hall–Kier alpha value is -2.93. The number of nitrogens with zero attached hydrogens (tertiary/aromatic N) is 5. The summed E-state index contributed by atoms with van der Waals surface area (Å²) in [7, 11) is 0. The SMILES string of the molecule is CC(C)c1cc(Nc2cnc3c(Cl)cn([C@@H](C)c4cccnc4)c3n2)n[nH]1. The molecule has 7 nitrogen and oxygen atoms in total. The zero-order chi connectivity index (χ0) is 19.0. The maximum Gasteiger partial charge on any atom is 0.163 e. The molecule has 0 unspecified atom stereocenters. The molecule has 0 bridgehead atoms. The van der Waals surface area contributed by atoms with E-state index in [-0.39, 0.29) is 6.04 Å². The highest BCUT2D eigenvalue weighted by molar-refractivity contribution is 6.35. The van der Waals surface area contributed by atoms with Crippen molar-refractivity contribution in [2.45, 2.75) is 32.7 Å². The van der Waals surface area contributed by atoms with E-state index in [4.69, 9.17) is 16.6 Å². The van der Waals surface area contributed by atoms with Gasteiger partial charge in [0.2, 0.25) is 0 Å². The first-order valence-corrected chi connectivity index (χ1v) is 9.16. The second kappa shape index (κ2) is 7.00. The average molecular weight is 382 g/mol. The highest BCUT2D eigenvalue weighted by atomic mass is 35.5. The zero-order valence-electron chi connectivity index (χ0n) is 15.3. The minimum Gasteiger partial charge on any atom is -0.322 e. The normalized spacial score (nSPS) is 12.6. The second-order valence-electron chi connectivity index (χ2n) is 6.76. The topological polar surface area (TPSA) is 84.3 Å². The third-order valence-corrected chi connectivity index (χ3v) is 4.81. The third kappa shape index (κ3) is 3.38. The highest BCUT2D eigenvalue weighted by Crippen LogP contribution is 2.29. The number of fused-ring (bicyclic) bond motifs is 1. The van der Waals surface area contributed by atoms with Crippen LogP contribution in [-0.2, 0) is 0 Å². The van der Waals surface area contributed by atoms with E-state index in [1.165, 1.54) is 0 Å². The molecule has 0 amide bonds. The van der Waals surface area contributed by atoms with Gasteiger partial charge in [-0.15, -0.1) is 0 Å². The molecule has 0 radical (unpaired) electrons. The van der Waals surface area contributed by atoms with Gasteiger partial charge in [-0.1, -0.05) is 31.5 Å². The molecule has 4 aromatic rings. The summed E-state index contributed by atoms with van der Waals surface area (Å²) in [6.07, 6.45) is 7.13. The molecule has 0 aliphatic rings. The predicted molar refractivity (Wildman–Crippen MR) is 107 cm³/mol. The van der Waals surface area contributed by atoms with Crippen LogP contribution in [0.4, 0.5) is 11.6 Å². The molecule has 0 aliphatic heterocycles. The van der Waals surface area contributed by atoms with Crippen LogP contribution in [0.1, 0.15) is 44.0 Å². The van der Waals surface area contributed by atoms with E-state index in [2.05, 4.69) is 46.3 Å². The van der Waals surface area contributed by atoms with Gasteiger partial charge < -0.3 is 9.88 Å². The Kier molecular flexibility index (Phi) is 4.53. The van der Waals surface area contributed by atoms with E-state index in [1.807, 2.05) is 35.2 Å². The van der Waals surface area contributed by atoms with Gasteiger partial charge in [0, 0.05) is 30.4 Å². The Morgan fingerprint density at radius 2 is 2.04 bits per heavy atom. The minimum absolute atomic E-state index is 0.0242. The van der Waals surface area contributed by atoms with E-state index >= 15 is 0 Å². The fourth-order valence-corrected chi connectivity index (χ4v) is 3.18. The first-order chi connectivity index (χ1) is 13.0. The number of H-pyrrole nitrogens is 1. The molecule has 1 atom stereocenters. The van der Waals surface area contributed by atoms with Crippen LogP contribution in [0, 0.1) is 0 Å². The Morgan fingerprint density at radius 3 is 2.74 bits per heavy atom. The quantitative estimate of drug-likeness (QED) is 0.524. The monoisotopic (exact) mass is 381 g/mol. The first-order valence-electron chi connectivity index (χ1n) is 8.78. The molecular weight excluding hydrogens is 362 g/mol. The Bertz CT molecular complexity index is 1070. The van der Waals surface area contributed by atoms with Gasteiger partial charge in [-0.25, -0.2) is 9.97 Å². The standard InChI is InChI=1S/C19H20ClN7/c1-11(2)15-7-16(26-25-15)23-17-9-22-18-14(20)10-27(19(18)24-17)12(3)13-5-4-6-21-8-13/h4-12H,1-3H3,(H2,23,24,25,26)/t12-/m0/s1. The van der Waals surface area contributed by atoms with Crippen molar-refractivity contribution in [3.63, 3.8) is 0 Å². The molecule has 0 aromatic carbocycles. The molecule has 138 valence electrons. The first kappa shape index (κ1) is 17.5. The van der Waals surface area contributed by atoms with Crippen molar-refractivity contribution in [1.82, 2.24) is 29.7 Å². The minimum atomic E-state index is 0.0242. The van der Waals surface area contributed by atoms with Crippen LogP contribution in [0.2, 0.25) is 5.02 Å². The van der Waals surface area contributed by atoms with Crippen molar-refractivity contribution in [3.8, 4) is 0 Å². The van der Waals surface area contributed by atoms with Gasteiger partial charge in [0.15, 0.2) is 17.3 Å². The number of halogens is 1. The number of hydrogen-bond donors (Lipinski definition) is 2. The van der Waals surface area contributed by atoms with Gasteiger partial charge in [0.1, 0.15) is 5.52 Å². The van der Waals surface area contributed by atoms with Gasteiger partial charge >= 0.3 is 0 Å². The number of pyridine rings is 1. The zero-order valence-corrected chi connectivity index (χ0v) is 16.1. The number of aromatic nitrogens is 6. The molecular formula is C19H20ClN7. The predicted octanol–water partition coefficient (Wildman–Crippen LogP) is 4.68. The molecule has 27 heavy (non-hydrogen) atoms. The van der Waals surface area contributed by atoms with Crippen LogP contribution < -0.4 is 5.32 Å². The molecule has 4 heterocycles. The number of nitrogens with one attached hydrogen (secondary N) is 2. The second-order valence-corrected chi connectivity index (χ2v) is 7.17. The highest BCUT2D eigenvalue weighted by Gasteiger charge is 2.17. The van der Waals surface area contributed by atoms with Crippen molar-refractivity contribution < 1.29 is 0 Å². The molecule has 0 saturated carbocycles. The Balaban J connectivity index is 1.70. The lowest BCUT2D eigenvalue weighted by Crippen LogP contribution is -2.07. The summed E-state index contributed by atoms with van der Waals surface area (Å²) in [4.78, 5) is 13.4. The van der Waals surface area contributed by atoms with Crippen molar-refractivity contribution >= 4 is 34.4 Å². The fraction of sp³-hybridized carbons (Fsp3) is 0.263. The molecule has 4 aromatic heterocycles. The lowest BCUT2D eigenvalue weighted by atomic mass is 10.1. The van der Waals surface area contributed by atoms with E-state index in [9.17, 15) is 0 Å². The number of aromatic amines is 1. The molecule has 4 rings (SSSR count). The van der Waals surface area contributed by atoms with Crippen LogP contribution in [-0.4, -0.2) is 29.7 Å². The maximum atomic E-state index is 6.38. The van der Waals surface area contributed by atoms with E-state index < -0.39 is 0 Å². The van der Waals surface area contributed by atoms with Crippen LogP contribution in [0.15, 0.2) is 43.0 Å². The van der Waals surface area contributed by atoms with Gasteiger partial charge in [-0.2, -0.15) is 5.10 Å². The van der Waals surface area contributed by atoms with Crippen LogP contribution >= 0.6 is 11.6 Å². The maximum absolute atomic E-state index is 6.38. The number of hydrogen-bond acceptors (Lipinski definition) is 5. The average Bonchev–Trinajstić information content (AvgIpc) is 3.27. The largest absolute Gasteiger partial charge is 0.322 e. The summed E-state index contributed by atoms with van der Waals surface area (Å²) >= 11 is 6.38. The lowest BCUT2D eigenvalue weighted by Gasteiger charge is -2.14. The van der Waals surface area contributed by atoms with Crippen molar-refractivity contribution in [1.29, 1.82) is 0 Å². The third-order valence-electron chi connectivity index (χ3n) is 4.54. The van der Waals surface area contributed by atoms with Gasteiger partial charge in [0.25, 0.3) is 0 Å². The summed E-state index contributed by atoms with van der Waals surface area (Å²) in [6.45, 7) is 6.30. The van der Waals surface area contributed by atoms with Crippen LogP contribution in [0.5, 0.6) is 0 Å². The molecule has 8 heteroatoms. The van der Waals surface area contributed by atoms with E-state index in [0.717, 1.165) is 11.3 Å². The van der Waals surface area contributed by atoms with Crippen molar-refractivity contribution in [3.05, 3.63) is 59.3 Å². The molecule has 0 saturated heterocycles. The lowest BCUT2D eigenvalue weighted by molar-refractivity contribution is 0.655. The van der Waals surface area contributed by atoms with Crippen LogP contribution in [0.25, 0.3) is 11.2 Å². The summed E-state index contributed by atoms with van der Waals surface area (Å²) in [5.74, 6) is 1.69. The molecule has 0 fully saturated rings. The smallest absolute Gasteiger partial charge is 0.163 e. The molecule has 0 aliphatic carbocycles. The Morgan fingerprint density at radius 1 is 1.19 bits per heavy atom. The van der Waals surface area contributed by atoms with Crippen molar-refractivity contribution in [2.24, 2.45) is 0 Å². The summed E-state index contributed by atoms with van der Waals surface area (Å²) < 4.78 is 2.01. The summed E-state index contributed by atoms with van der Waals surface area (Å²) in [5, 5.41) is 11.1. The summed E-state index contributed by atoms with van der Waals surface area (Å²) in [5.41, 5.74) is 3.51. The van der Waals surface area contributed by atoms with Gasteiger partial charge in [-0.05, 0) is 24.5 Å². The summed E-state index contributed by atoms with van der Waals surface area (Å²) in [6, 6.07) is 5.95.